The van der Waals surface area contributed by atoms with Crippen LogP contribution >= 0.6 is 11.6 Å². The van der Waals surface area contributed by atoms with Gasteiger partial charge in [0.25, 0.3) is 5.91 Å². The van der Waals surface area contributed by atoms with Crippen LogP contribution in [0.5, 0.6) is 5.75 Å². The van der Waals surface area contributed by atoms with Gasteiger partial charge in [-0.25, -0.2) is 0 Å². The van der Waals surface area contributed by atoms with Crippen LogP contribution in [0.3, 0.4) is 0 Å². The van der Waals surface area contributed by atoms with Crippen molar-refractivity contribution in [1.29, 1.82) is 0 Å². The molecule has 0 fully saturated rings. The van der Waals surface area contributed by atoms with E-state index in [9.17, 15) is 22.8 Å². The van der Waals surface area contributed by atoms with Crippen LogP contribution in [0.25, 0.3) is 0 Å². The van der Waals surface area contributed by atoms with E-state index < -0.39 is 23.6 Å². The van der Waals surface area contributed by atoms with E-state index in [1.165, 1.54) is 12.1 Å². The first-order valence-electron chi connectivity index (χ1n) is 7.78. The van der Waals surface area contributed by atoms with Crippen LogP contribution < -0.4 is 15.6 Å². The average molecular weight is 401 g/mol. The summed E-state index contributed by atoms with van der Waals surface area (Å²) in [6.07, 6.45) is -4.81. The number of nitrogens with one attached hydrogen (secondary N) is 2. The van der Waals surface area contributed by atoms with Crippen molar-refractivity contribution in [3.8, 4) is 5.75 Å². The van der Waals surface area contributed by atoms with Gasteiger partial charge in [0.1, 0.15) is 5.75 Å². The molecule has 2 aromatic carbocycles. The first kappa shape index (κ1) is 20.6. The van der Waals surface area contributed by atoms with Crippen molar-refractivity contribution in [2.24, 2.45) is 0 Å². The summed E-state index contributed by atoms with van der Waals surface area (Å²) in [4.78, 5) is 23.5. The van der Waals surface area contributed by atoms with Gasteiger partial charge >= 0.3 is 6.18 Å². The van der Waals surface area contributed by atoms with Gasteiger partial charge < -0.3 is 4.74 Å². The fourth-order valence-corrected chi connectivity index (χ4v) is 2.41. The molecule has 2 amide bonds. The molecule has 2 rings (SSSR count). The van der Waals surface area contributed by atoms with Gasteiger partial charge in [-0.3, -0.25) is 20.4 Å². The van der Waals surface area contributed by atoms with Crippen molar-refractivity contribution < 1.29 is 27.5 Å². The van der Waals surface area contributed by atoms with Crippen LogP contribution in [0.2, 0.25) is 5.02 Å². The van der Waals surface area contributed by atoms with Crippen LogP contribution in [0, 0.1) is 6.92 Å². The summed E-state index contributed by atoms with van der Waals surface area (Å²) in [5.74, 6) is -0.822. The molecule has 0 aliphatic rings. The molecule has 0 radical (unpaired) electrons. The second-order valence-corrected chi connectivity index (χ2v) is 6.11. The van der Waals surface area contributed by atoms with E-state index >= 15 is 0 Å². The molecule has 0 saturated carbocycles. The second-order valence-electron chi connectivity index (χ2n) is 5.67. The quantitative estimate of drug-likeness (QED) is 0.755. The Morgan fingerprint density at radius 3 is 2.44 bits per heavy atom. The fraction of sp³-hybridized carbons (Fsp3) is 0.222. The molecule has 0 spiro atoms. The number of halogens is 4. The fourth-order valence-electron chi connectivity index (χ4n) is 2.18. The lowest BCUT2D eigenvalue weighted by Crippen LogP contribution is -2.44. The van der Waals surface area contributed by atoms with Gasteiger partial charge in [0, 0.05) is 5.02 Å². The predicted octanol–water partition coefficient (Wildman–Crippen LogP) is 3.44. The van der Waals surface area contributed by atoms with Gasteiger partial charge in [-0.15, -0.1) is 0 Å². The van der Waals surface area contributed by atoms with Gasteiger partial charge in [0.2, 0.25) is 5.91 Å². The lowest BCUT2D eigenvalue weighted by atomic mass is 10.1. The molecule has 2 aromatic rings. The SMILES string of the molecule is Cc1cc(Cl)ccc1OCC(=O)NNC(=O)Cc1cccc(C(F)(F)F)c1. The van der Waals surface area contributed by atoms with Crippen molar-refractivity contribution >= 4 is 23.4 Å². The van der Waals surface area contributed by atoms with E-state index in [0.717, 1.165) is 17.7 Å². The number of rotatable bonds is 5. The number of carbonyl (C=O) groups is 2. The molecule has 0 unspecified atom stereocenters. The zero-order valence-corrected chi connectivity index (χ0v) is 14.9. The van der Waals surface area contributed by atoms with Crippen LogP contribution in [0.1, 0.15) is 16.7 Å². The molecule has 27 heavy (non-hydrogen) atoms. The Labute approximate surface area is 158 Å². The lowest BCUT2D eigenvalue weighted by Gasteiger charge is -2.11. The molecular weight excluding hydrogens is 385 g/mol. The molecule has 0 saturated heterocycles. The summed E-state index contributed by atoms with van der Waals surface area (Å²) in [5, 5.41) is 0.533. The summed E-state index contributed by atoms with van der Waals surface area (Å²) in [7, 11) is 0. The number of ether oxygens (including phenoxy) is 1. The first-order valence-corrected chi connectivity index (χ1v) is 8.16. The minimum atomic E-state index is -4.49. The van der Waals surface area contributed by atoms with Crippen molar-refractivity contribution in [3.63, 3.8) is 0 Å². The summed E-state index contributed by atoms with van der Waals surface area (Å²) in [5.41, 5.74) is 4.33. The number of alkyl halides is 3. The minimum absolute atomic E-state index is 0.171. The highest BCUT2D eigenvalue weighted by atomic mass is 35.5. The van der Waals surface area contributed by atoms with E-state index in [4.69, 9.17) is 16.3 Å². The highest BCUT2D eigenvalue weighted by molar-refractivity contribution is 6.30. The number of benzene rings is 2. The highest BCUT2D eigenvalue weighted by Gasteiger charge is 2.30. The molecule has 0 bridgehead atoms. The zero-order chi connectivity index (χ0) is 20.0. The van der Waals surface area contributed by atoms with Gasteiger partial charge in [-0.2, -0.15) is 13.2 Å². The summed E-state index contributed by atoms with van der Waals surface area (Å²) in [6, 6.07) is 9.30. The summed E-state index contributed by atoms with van der Waals surface area (Å²) < 4.78 is 43.3. The predicted molar refractivity (Wildman–Crippen MR) is 93.1 cm³/mol. The molecule has 2 N–H and O–H groups in total. The first-order chi connectivity index (χ1) is 12.6. The molecule has 5 nitrogen and oxygen atoms in total. The number of hydrazine groups is 1. The smallest absolute Gasteiger partial charge is 0.416 e. The van der Waals surface area contributed by atoms with Crippen molar-refractivity contribution in [3.05, 3.63) is 64.2 Å². The molecular formula is C18H16ClF3N2O3. The molecule has 144 valence electrons. The minimum Gasteiger partial charge on any atom is -0.483 e. The van der Waals surface area contributed by atoms with E-state index in [1.54, 1.807) is 25.1 Å². The third kappa shape index (κ3) is 6.49. The Morgan fingerprint density at radius 1 is 1.07 bits per heavy atom. The van der Waals surface area contributed by atoms with Crippen molar-refractivity contribution in [2.45, 2.75) is 19.5 Å². The standard InChI is InChI=1S/C18H16ClF3N2O3/c1-11-7-14(19)5-6-15(11)27-10-17(26)24-23-16(25)9-12-3-2-4-13(8-12)18(20,21)22/h2-8H,9-10H2,1H3,(H,23,25)(H,24,26). The number of amides is 2. The number of hydrogen-bond donors (Lipinski definition) is 2. The molecule has 9 heteroatoms. The largest absolute Gasteiger partial charge is 0.483 e. The van der Waals surface area contributed by atoms with Gasteiger partial charge in [-0.1, -0.05) is 29.8 Å². The third-order valence-electron chi connectivity index (χ3n) is 3.46. The third-order valence-corrected chi connectivity index (χ3v) is 3.69. The van der Waals surface area contributed by atoms with E-state index in [0.29, 0.717) is 10.8 Å². The molecule has 0 aliphatic carbocycles. The summed E-state index contributed by atoms with van der Waals surface area (Å²) >= 11 is 5.82. The maximum Gasteiger partial charge on any atom is 0.416 e. The highest BCUT2D eigenvalue weighted by Crippen LogP contribution is 2.29. The molecule has 0 atom stereocenters. The van der Waals surface area contributed by atoms with Gasteiger partial charge in [-0.05, 0) is 42.3 Å². The Balaban J connectivity index is 1.80. The van der Waals surface area contributed by atoms with Crippen molar-refractivity contribution in [1.82, 2.24) is 10.9 Å². The molecule has 0 heterocycles. The maximum absolute atomic E-state index is 12.7. The average Bonchev–Trinajstić information content (AvgIpc) is 2.58. The maximum atomic E-state index is 12.7. The Kier molecular flexibility index (Phi) is 6.68. The van der Waals surface area contributed by atoms with Gasteiger partial charge in [0.15, 0.2) is 6.61 Å². The lowest BCUT2D eigenvalue weighted by molar-refractivity contribution is -0.137. The van der Waals surface area contributed by atoms with Crippen LogP contribution in [-0.2, 0) is 22.2 Å². The van der Waals surface area contributed by atoms with Gasteiger partial charge in [0.05, 0.1) is 12.0 Å². The summed E-state index contributed by atoms with van der Waals surface area (Å²) in [6.45, 7) is 1.41. The second kappa shape index (κ2) is 8.77. The van der Waals surface area contributed by atoms with Crippen LogP contribution in [0.4, 0.5) is 13.2 Å². The number of aryl methyl sites for hydroxylation is 1. The van der Waals surface area contributed by atoms with Crippen molar-refractivity contribution in [2.75, 3.05) is 6.61 Å². The Bertz CT molecular complexity index is 841. The normalized spacial score (nSPS) is 11.0. The Morgan fingerprint density at radius 2 is 1.78 bits per heavy atom. The molecule has 0 aromatic heterocycles. The monoisotopic (exact) mass is 400 g/mol. The zero-order valence-electron chi connectivity index (χ0n) is 14.2. The topological polar surface area (TPSA) is 67.4 Å². The number of carbonyl (C=O) groups excluding carboxylic acids is 2. The molecule has 0 aliphatic heterocycles. The van der Waals surface area contributed by atoms with E-state index in [1.807, 2.05) is 0 Å². The van der Waals surface area contributed by atoms with E-state index in [2.05, 4.69) is 10.9 Å². The Hall–Kier alpha value is -2.74. The van der Waals surface area contributed by atoms with E-state index in [-0.39, 0.29) is 18.6 Å². The van der Waals surface area contributed by atoms with Crippen LogP contribution in [0.15, 0.2) is 42.5 Å². The number of hydrogen-bond acceptors (Lipinski definition) is 3. The van der Waals surface area contributed by atoms with Crippen LogP contribution in [-0.4, -0.2) is 18.4 Å².